The number of carbonyl (C=O) groups is 1. The van der Waals surface area contributed by atoms with Gasteiger partial charge in [0.2, 0.25) is 5.91 Å². The first-order chi connectivity index (χ1) is 21.5. The van der Waals surface area contributed by atoms with Gasteiger partial charge in [-0.3, -0.25) is 13.8 Å². The number of aliphatic hydroxyl groups is 1. The number of nitrogens with one attached hydrogen (secondary N) is 1. The van der Waals surface area contributed by atoms with Crippen molar-refractivity contribution in [3.05, 3.63) is 0 Å². The zero-order valence-electron chi connectivity index (χ0n) is 30.4. The lowest BCUT2D eigenvalue weighted by Crippen LogP contribution is -2.46. The number of hydrogen-bond donors (Lipinski definition) is 3. The minimum absolute atomic E-state index is 0.0779. The molecule has 0 aromatic heterocycles. The molecule has 0 rings (SSSR count). The van der Waals surface area contributed by atoms with Gasteiger partial charge in [0.05, 0.1) is 39.9 Å². The highest BCUT2D eigenvalue weighted by Gasteiger charge is 2.28. The molecule has 1 unspecified atom stereocenters. The van der Waals surface area contributed by atoms with E-state index in [4.69, 9.17) is 9.05 Å². The van der Waals surface area contributed by atoms with E-state index < -0.39 is 20.0 Å². The predicted octanol–water partition coefficient (Wildman–Crippen LogP) is 9.46. The van der Waals surface area contributed by atoms with Crippen molar-refractivity contribution in [1.82, 2.24) is 5.32 Å². The van der Waals surface area contributed by atoms with E-state index in [0.717, 1.165) is 38.5 Å². The van der Waals surface area contributed by atoms with E-state index in [1.165, 1.54) is 109 Å². The normalized spacial score (nSPS) is 14.7. The molecule has 0 aromatic rings. The van der Waals surface area contributed by atoms with Crippen LogP contribution in [0.1, 0.15) is 174 Å². The average Bonchev–Trinajstić information content (AvgIpc) is 2.97. The lowest BCUT2D eigenvalue weighted by molar-refractivity contribution is -0.870. The maximum Gasteiger partial charge on any atom is 0.472 e. The highest BCUT2D eigenvalue weighted by molar-refractivity contribution is 7.47. The van der Waals surface area contributed by atoms with E-state index in [0.29, 0.717) is 23.9 Å². The van der Waals surface area contributed by atoms with E-state index >= 15 is 0 Å². The standard InChI is InChI=1S/C36H75N2O6P/c1-6-8-10-12-14-16-18-20-22-24-26-28-30-36(40)37-34(33-44-45(41,42)43-32-31-38(3,4)5)35(39)29-27-25-23-21-19-17-15-13-11-9-7-2/h34-35,39H,6-33H2,1-5H3,(H-,37,40,41,42)/p+1/t34-,35+/m0/s1. The molecule has 0 radical (unpaired) electrons. The number of unbranched alkanes of at least 4 members (excludes halogenated alkanes) is 21. The highest BCUT2D eigenvalue weighted by Crippen LogP contribution is 2.43. The van der Waals surface area contributed by atoms with Crippen LogP contribution >= 0.6 is 7.82 Å². The first-order valence-electron chi connectivity index (χ1n) is 18.9. The fraction of sp³-hybridized carbons (Fsp3) is 0.972. The van der Waals surface area contributed by atoms with Crippen LogP contribution in [0.5, 0.6) is 0 Å². The van der Waals surface area contributed by atoms with Crippen molar-refractivity contribution >= 4 is 13.7 Å². The van der Waals surface area contributed by atoms with Crippen molar-refractivity contribution in [3.8, 4) is 0 Å². The van der Waals surface area contributed by atoms with Crippen LogP contribution in [0.25, 0.3) is 0 Å². The number of nitrogens with zero attached hydrogens (tertiary/aromatic N) is 1. The van der Waals surface area contributed by atoms with Gasteiger partial charge in [0, 0.05) is 6.42 Å². The fourth-order valence-electron chi connectivity index (χ4n) is 5.52. The Hall–Kier alpha value is -0.500. The number of carbonyl (C=O) groups excluding carboxylic acids is 1. The van der Waals surface area contributed by atoms with Crippen LogP contribution in [0.3, 0.4) is 0 Å². The Morgan fingerprint density at radius 1 is 0.667 bits per heavy atom. The third kappa shape index (κ3) is 31.8. The summed E-state index contributed by atoms with van der Waals surface area (Å²) in [7, 11) is 1.62. The van der Waals surface area contributed by atoms with Gasteiger partial charge in [-0.25, -0.2) is 4.57 Å². The van der Waals surface area contributed by atoms with E-state index in [1.807, 2.05) is 21.1 Å². The van der Waals surface area contributed by atoms with Crippen LogP contribution in [-0.2, 0) is 18.4 Å². The van der Waals surface area contributed by atoms with Gasteiger partial charge in [0.15, 0.2) is 0 Å². The van der Waals surface area contributed by atoms with Crippen LogP contribution in [-0.4, -0.2) is 73.4 Å². The van der Waals surface area contributed by atoms with Gasteiger partial charge in [-0.2, -0.15) is 0 Å². The summed E-state index contributed by atoms with van der Waals surface area (Å²) in [5.74, 6) is -0.146. The Morgan fingerprint density at radius 2 is 1.07 bits per heavy atom. The second kappa shape index (κ2) is 29.6. The van der Waals surface area contributed by atoms with Crippen LogP contribution in [0.2, 0.25) is 0 Å². The number of aliphatic hydroxyl groups excluding tert-OH is 1. The Labute approximate surface area is 279 Å². The van der Waals surface area contributed by atoms with Crippen molar-refractivity contribution in [1.29, 1.82) is 0 Å². The fourth-order valence-corrected chi connectivity index (χ4v) is 6.25. The zero-order valence-corrected chi connectivity index (χ0v) is 31.3. The number of quaternary nitrogens is 1. The maximum atomic E-state index is 12.8. The van der Waals surface area contributed by atoms with E-state index in [9.17, 15) is 19.4 Å². The monoisotopic (exact) mass is 664 g/mol. The Balaban J connectivity index is 4.46. The predicted molar refractivity (Wildman–Crippen MR) is 189 cm³/mol. The van der Waals surface area contributed by atoms with Gasteiger partial charge in [0.1, 0.15) is 13.2 Å². The smallest absolute Gasteiger partial charge is 0.391 e. The number of phosphoric ester groups is 1. The van der Waals surface area contributed by atoms with Gasteiger partial charge in [-0.15, -0.1) is 0 Å². The summed E-state index contributed by atoms with van der Waals surface area (Å²) in [6.45, 7) is 4.86. The van der Waals surface area contributed by atoms with Gasteiger partial charge in [0.25, 0.3) is 0 Å². The van der Waals surface area contributed by atoms with Crippen molar-refractivity contribution < 1.29 is 32.9 Å². The van der Waals surface area contributed by atoms with E-state index in [2.05, 4.69) is 19.2 Å². The molecule has 0 saturated heterocycles. The maximum absolute atomic E-state index is 12.8. The quantitative estimate of drug-likeness (QED) is 0.0360. The number of rotatable bonds is 34. The Bertz CT molecular complexity index is 718. The molecule has 0 spiro atoms. The summed E-state index contributed by atoms with van der Waals surface area (Å²) in [5, 5.41) is 13.8. The lowest BCUT2D eigenvalue weighted by Gasteiger charge is -2.26. The molecule has 0 bridgehead atoms. The molecule has 270 valence electrons. The Kier molecular flexibility index (Phi) is 29.3. The molecule has 0 aliphatic rings. The molecule has 8 nitrogen and oxygen atoms in total. The summed E-state index contributed by atoms with van der Waals surface area (Å²) in [4.78, 5) is 23.0. The molecular weight excluding hydrogens is 587 g/mol. The molecule has 0 saturated carbocycles. The molecule has 3 N–H and O–H groups in total. The number of amides is 1. The molecule has 0 heterocycles. The Morgan fingerprint density at radius 3 is 1.49 bits per heavy atom. The van der Waals surface area contributed by atoms with Gasteiger partial charge in [-0.1, -0.05) is 155 Å². The minimum atomic E-state index is -4.29. The third-order valence-corrected chi connectivity index (χ3v) is 9.59. The molecule has 0 aliphatic heterocycles. The summed E-state index contributed by atoms with van der Waals surface area (Å²) < 4.78 is 23.5. The summed E-state index contributed by atoms with van der Waals surface area (Å²) in [5.41, 5.74) is 0. The molecule has 3 atom stereocenters. The van der Waals surface area contributed by atoms with E-state index in [1.54, 1.807) is 0 Å². The SMILES string of the molecule is CCCCCCCCCCCCCCC(=O)N[C@@H](COP(=O)(O)OCC[N+](C)(C)C)[C@H](O)CCCCCCCCCCCCC. The molecule has 0 aliphatic carbocycles. The number of hydrogen-bond acceptors (Lipinski definition) is 5. The van der Waals surface area contributed by atoms with Gasteiger partial charge >= 0.3 is 7.82 Å². The lowest BCUT2D eigenvalue weighted by atomic mass is 10.0. The molecule has 45 heavy (non-hydrogen) atoms. The topological polar surface area (TPSA) is 105 Å². The molecule has 0 aromatic carbocycles. The molecule has 9 heteroatoms. The van der Waals surface area contributed by atoms with Crippen molar-refractivity contribution in [2.24, 2.45) is 0 Å². The van der Waals surface area contributed by atoms with Crippen molar-refractivity contribution in [3.63, 3.8) is 0 Å². The molecule has 0 fully saturated rings. The van der Waals surface area contributed by atoms with Crippen LogP contribution in [0.15, 0.2) is 0 Å². The van der Waals surface area contributed by atoms with Gasteiger partial charge in [-0.05, 0) is 12.8 Å². The van der Waals surface area contributed by atoms with E-state index in [-0.39, 0.29) is 19.1 Å². The second-order valence-electron chi connectivity index (χ2n) is 14.3. The summed E-state index contributed by atoms with van der Waals surface area (Å²) >= 11 is 0. The first kappa shape index (κ1) is 44.5. The minimum Gasteiger partial charge on any atom is -0.391 e. The largest absolute Gasteiger partial charge is 0.472 e. The third-order valence-electron chi connectivity index (χ3n) is 8.61. The van der Waals surface area contributed by atoms with Crippen molar-refractivity contribution in [2.75, 3.05) is 40.9 Å². The zero-order chi connectivity index (χ0) is 33.7. The number of likely N-dealkylation sites (N-methyl/N-ethyl adjacent to an activating group) is 1. The van der Waals surface area contributed by atoms with Gasteiger partial charge < -0.3 is 19.8 Å². The first-order valence-corrected chi connectivity index (χ1v) is 20.4. The van der Waals surface area contributed by atoms with Crippen LogP contribution < -0.4 is 5.32 Å². The summed E-state index contributed by atoms with van der Waals surface area (Å²) in [6, 6.07) is -0.750. The summed E-state index contributed by atoms with van der Waals surface area (Å²) in [6.07, 6.45) is 28.3. The van der Waals surface area contributed by atoms with Crippen molar-refractivity contribution in [2.45, 2.75) is 187 Å². The highest BCUT2D eigenvalue weighted by atomic mass is 31.2. The average molecular weight is 664 g/mol. The number of phosphoric acid groups is 1. The van der Waals surface area contributed by atoms with Crippen LogP contribution in [0.4, 0.5) is 0 Å². The molecular formula is C36H76N2O6P+. The van der Waals surface area contributed by atoms with Crippen LogP contribution in [0, 0.1) is 0 Å². The molecule has 1 amide bonds. The second-order valence-corrected chi connectivity index (χ2v) is 15.8.